The Balaban J connectivity index is 1.35. The van der Waals surface area contributed by atoms with Gasteiger partial charge >= 0.3 is 0 Å². The largest absolute Gasteiger partial charge is 0.496 e. The van der Waals surface area contributed by atoms with Gasteiger partial charge in [0.2, 0.25) is 11.9 Å². The molecular weight excluding hydrogens is 430 g/mol. The second kappa shape index (κ2) is 9.67. The van der Waals surface area contributed by atoms with E-state index in [1.54, 1.807) is 35.2 Å². The Hall–Kier alpha value is -3.68. The normalized spacial score (nSPS) is 21.7. The molecule has 34 heavy (non-hydrogen) atoms. The molecule has 8 heteroatoms. The number of anilines is 1. The van der Waals surface area contributed by atoms with Crippen LogP contribution in [0.1, 0.15) is 48.0 Å². The molecule has 1 aliphatic heterocycles. The van der Waals surface area contributed by atoms with Crippen LogP contribution in [0.5, 0.6) is 5.75 Å². The van der Waals surface area contributed by atoms with Gasteiger partial charge in [-0.05, 0) is 42.9 Å². The zero-order valence-corrected chi connectivity index (χ0v) is 19.3. The highest BCUT2D eigenvalue weighted by molar-refractivity contribution is 6.02. The summed E-state index contributed by atoms with van der Waals surface area (Å²) in [5.74, 6) is 0.698. The first-order valence-electron chi connectivity index (χ1n) is 11.8. The van der Waals surface area contributed by atoms with Crippen molar-refractivity contribution in [3.05, 3.63) is 72.1 Å². The number of nitrogens with one attached hydrogen (secondary N) is 1. The highest BCUT2D eigenvalue weighted by Gasteiger charge is 2.48. The van der Waals surface area contributed by atoms with Crippen molar-refractivity contribution < 1.29 is 14.3 Å². The highest BCUT2D eigenvalue weighted by atomic mass is 16.5. The number of methoxy groups -OCH3 is 1. The Bertz CT molecular complexity index is 1160. The lowest BCUT2D eigenvalue weighted by Crippen LogP contribution is -2.48. The number of hydrogen-bond donors (Lipinski definition) is 1. The Kier molecular flexibility index (Phi) is 6.29. The second-order valence-electron chi connectivity index (χ2n) is 9.02. The SMILES string of the molecule is COc1ccccc1C(=O)N1C(C(=O)Nc2ncn(Cc3ccccc3)n2)CC2CCCCC21. The van der Waals surface area contributed by atoms with E-state index in [2.05, 4.69) is 15.4 Å². The monoisotopic (exact) mass is 459 g/mol. The fourth-order valence-electron chi connectivity index (χ4n) is 5.34. The molecule has 2 fully saturated rings. The number of hydrogen-bond acceptors (Lipinski definition) is 5. The summed E-state index contributed by atoms with van der Waals surface area (Å²) < 4.78 is 7.13. The lowest BCUT2D eigenvalue weighted by atomic mass is 9.84. The number of fused-ring (bicyclic) bond motifs is 1. The summed E-state index contributed by atoms with van der Waals surface area (Å²) in [6.07, 6.45) is 6.42. The molecule has 3 atom stereocenters. The van der Waals surface area contributed by atoms with Crippen molar-refractivity contribution >= 4 is 17.8 Å². The zero-order chi connectivity index (χ0) is 23.5. The van der Waals surface area contributed by atoms with Crippen molar-refractivity contribution in [2.45, 2.75) is 50.7 Å². The molecular formula is C26H29N5O3. The molecule has 1 saturated carbocycles. The number of rotatable bonds is 6. The molecule has 2 heterocycles. The number of amides is 2. The summed E-state index contributed by atoms with van der Waals surface area (Å²) in [6.45, 7) is 0.565. The summed E-state index contributed by atoms with van der Waals surface area (Å²) >= 11 is 0. The third-order valence-corrected chi connectivity index (χ3v) is 6.92. The van der Waals surface area contributed by atoms with Crippen LogP contribution in [-0.4, -0.2) is 50.7 Å². The standard InChI is InChI=1S/C26H29N5O3/c1-34-23-14-8-6-12-20(23)25(33)31-21-13-7-5-11-19(21)15-22(31)24(32)28-26-27-17-30(29-26)16-18-9-3-2-4-10-18/h2-4,6,8-10,12,14,17,19,21-22H,5,7,11,13,15-16H2,1H3,(H,28,29,32). The molecule has 5 rings (SSSR count). The molecule has 0 bridgehead atoms. The first-order chi connectivity index (χ1) is 16.6. The van der Waals surface area contributed by atoms with Crippen LogP contribution in [0.4, 0.5) is 5.95 Å². The Labute approximate surface area is 198 Å². The van der Waals surface area contributed by atoms with Gasteiger partial charge in [-0.15, -0.1) is 5.10 Å². The van der Waals surface area contributed by atoms with E-state index < -0.39 is 6.04 Å². The third kappa shape index (κ3) is 4.40. The lowest BCUT2D eigenvalue weighted by Gasteiger charge is -2.33. The summed E-state index contributed by atoms with van der Waals surface area (Å²) in [5.41, 5.74) is 1.58. The van der Waals surface area contributed by atoms with Crippen LogP contribution in [0.2, 0.25) is 0 Å². The van der Waals surface area contributed by atoms with Gasteiger partial charge in [-0.1, -0.05) is 55.3 Å². The number of aromatic nitrogens is 3. The van der Waals surface area contributed by atoms with Gasteiger partial charge in [-0.3, -0.25) is 14.9 Å². The summed E-state index contributed by atoms with van der Waals surface area (Å²) in [6, 6.07) is 16.6. The van der Waals surface area contributed by atoms with Crippen LogP contribution in [0.25, 0.3) is 0 Å². The van der Waals surface area contributed by atoms with Gasteiger partial charge in [-0.2, -0.15) is 0 Å². The van der Waals surface area contributed by atoms with E-state index >= 15 is 0 Å². The minimum atomic E-state index is -0.563. The van der Waals surface area contributed by atoms with Gasteiger partial charge in [0.05, 0.1) is 19.2 Å². The quantitative estimate of drug-likeness (QED) is 0.607. The predicted molar refractivity (Wildman–Crippen MR) is 128 cm³/mol. The number of para-hydroxylation sites is 1. The number of ether oxygens (including phenoxy) is 1. The molecule has 3 unspecified atom stereocenters. The maximum Gasteiger partial charge on any atom is 0.258 e. The molecule has 1 N–H and O–H groups in total. The van der Waals surface area contributed by atoms with Gasteiger partial charge < -0.3 is 9.64 Å². The molecule has 2 aliphatic rings. The van der Waals surface area contributed by atoms with Crippen LogP contribution >= 0.6 is 0 Å². The maximum atomic E-state index is 13.7. The first kappa shape index (κ1) is 22.1. The molecule has 1 aliphatic carbocycles. The minimum Gasteiger partial charge on any atom is -0.496 e. The Morgan fingerprint density at radius 3 is 2.65 bits per heavy atom. The second-order valence-corrected chi connectivity index (χ2v) is 9.02. The van der Waals surface area contributed by atoms with Crippen LogP contribution in [0, 0.1) is 5.92 Å². The maximum absolute atomic E-state index is 13.7. The minimum absolute atomic E-state index is 0.0607. The van der Waals surface area contributed by atoms with Gasteiger partial charge in [-0.25, -0.2) is 9.67 Å². The molecule has 1 aromatic heterocycles. The average Bonchev–Trinajstić information content (AvgIpc) is 3.48. The fourth-order valence-corrected chi connectivity index (χ4v) is 5.34. The van der Waals surface area contributed by atoms with E-state index in [4.69, 9.17) is 4.74 Å². The van der Waals surface area contributed by atoms with Crippen LogP contribution in [0.15, 0.2) is 60.9 Å². The first-order valence-corrected chi connectivity index (χ1v) is 11.8. The van der Waals surface area contributed by atoms with Crippen LogP contribution in [-0.2, 0) is 11.3 Å². The molecule has 1 saturated heterocycles. The topological polar surface area (TPSA) is 89.4 Å². The van der Waals surface area contributed by atoms with Crippen molar-refractivity contribution in [2.75, 3.05) is 12.4 Å². The van der Waals surface area contributed by atoms with Crippen molar-refractivity contribution in [3.63, 3.8) is 0 Å². The van der Waals surface area contributed by atoms with E-state index in [1.807, 2.05) is 42.5 Å². The number of benzene rings is 2. The third-order valence-electron chi connectivity index (χ3n) is 6.92. The van der Waals surface area contributed by atoms with Gasteiger partial charge in [0.1, 0.15) is 18.1 Å². The Morgan fingerprint density at radius 1 is 1.06 bits per heavy atom. The van der Waals surface area contributed by atoms with Crippen LogP contribution in [0.3, 0.4) is 0 Å². The lowest BCUT2D eigenvalue weighted by molar-refractivity contribution is -0.120. The van der Waals surface area contributed by atoms with E-state index in [1.165, 1.54) is 0 Å². The smallest absolute Gasteiger partial charge is 0.258 e. The summed E-state index contributed by atoms with van der Waals surface area (Å²) in [5, 5.41) is 7.27. The number of carbonyl (C=O) groups excluding carboxylic acids is 2. The summed E-state index contributed by atoms with van der Waals surface area (Å²) in [7, 11) is 1.56. The van der Waals surface area contributed by atoms with Crippen molar-refractivity contribution in [1.29, 1.82) is 0 Å². The predicted octanol–water partition coefficient (Wildman–Crippen LogP) is 3.75. The van der Waals surface area contributed by atoms with Crippen molar-refractivity contribution in [1.82, 2.24) is 19.7 Å². The van der Waals surface area contributed by atoms with Gasteiger partial charge in [0.25, 0.3) is 5.91 Å². The molecule has 2 amide bonds. The average molecular weight is 460 g/mol. The van der Waals surface area contributed by atoms with E-state index in [0.717, 1.165) is 31.2 Å². The van der Waals surface area contributed by atoms with Crippen molar-refractivity contribution in [3.8, 4) is 5.75 Å². The van der Waals surface area contributed by atoms with E-state index in [-0.39, 0.29) is 23.8 Å². The van der Waals surface area contributed by atoms with Crippen LogP contribution < -0.4 is 10.1 Å². The molecule has 8 nitrogen and oxygen atoms in total. The Morgan fingerprint density at radius 2 is 1.82 bits per heavy atom. The fraction of sp³-hybridized carbons (Fsp3) is 0.385. The summed E-state index contributed by atoms with van der Waals surface area (Å²) in [4.78, 5) is 33.1. The molecule has 3 aromatic rings. The zero-order valence-electron chi connectivity index (χ0n) is 19.3. The molecule has 0 radical (unpaired) electrons. The molecule has 176 valence electrons. The highest BCUT2D eigenvalue weighted by Crippen LogP contribution is 2.41. The van der Waals surface area contributed by atoms with E-state index in [9.17, 15) is 9.59 Å². The molecule has 0 spiro atoms. The van der Waals surface area contributed by atoms with Crippen molar-refractivity contribution in [2.24, 2.45) is 5.92 Å². The van der Waals surface area contributed by atoms with Gasteiger partial charge in [0.15, 0.2) is 0 Å². The van der Waals surface area contributed by atoms with Gasteiger partial charge in [0, 0.05) is 6.04 Å². The number of likely N-dealkylation sites (tertiary alicyclic amines) is 1. The molecule has 2 aromatic carbocycles. The number of nitrogens with zero attached hydrogens (tertiary/aromatic N) is 4. The van der Waals surface area contributed by atoms with E-state index in [0.29, 0.717) is 30.2 Å². The number of carbonyl (C=O) groups is 2.